The van der Waals surface area contributed by atoms with Crippen LogP contribution in [0.3, 0.4) is 0 Å². The van der Waals surface area contributed by atoms with Gasteiger partial charge in [-0.1, -0.05) is 24.8 Å². The van der Waals surface area contributed by atoms with Crippen molar-refractivity contribution in [2.45, 2.75) is 12.5 Å². The summed E-state index contributed by atoms with van der Waals surface area (Å²) >= 11 is 0. The lowest BCUT2D eigenvalue weighted by atomic mass is 10.1. The van der Waals surface area contributed by atoms with Crippen LogP contribution in [0.4, 0.5) is 0 Å². The number of carbonyl (C=O) groups excluding carboxylic acids is 1. The molecule has 104 valence electrons. The van der Waals surface area contributed by atoms with Gasteiger partial charge in [-0.05, 0) is 24.1 Å². The zero-order chi connectivity index (χ0) is 14.3. The quantitative estimate of drug-likeness (QED) is 0.592. The molecule has 0 aliphatic rings. The molecule has 5 nitrogen and oxygen atoms in total. The number of hydrogen-bond donors (Lipinski definition) is 1. The Morgan fingerprint density at radius 3 is 2.63 bits per heavy atom. The van der Waals surface area contributed by atoms with Gasteiger partial charge in [0.1, 0.15) is 12.4 Å². The van der Waals surface area contributed by atoms with Crippen LogP contribution in [-0.2, 0) is 16.1 Å². The summed E-state index contributed by atoms with van der Waals surface area (Å²) in [6.45, 7) is 4.05. The highest BCUT2D eigenvalue weighted by Crippen LogP contribution is 2.13. The molecule has 0 aliphatic carbocycles. The van der Waals surface area contributed by atoms with Gasteiger partial charge >= 0.3 is 0 Å². The number of likely N-dealkylation sites (N-methyl/N-ethyl adjacent to an activating group) is 1. The molecule has 0 aromatic heterocycles. The monoisotopic (exact) mass is 264 g/mol. The Morgan fingerprint density at radius 1 is 1.47 bits per heavy atom. The van der Waals surface area contributed by atoms with E-state index in [2.05, 4.69) is 6.58 Å². The summed E-state index contributed by atoms with van der Waals surface area (Å²) in [5.41, 5.74) is 6.80. The molecule has 0 bridgehead atoms. The second-order valence-corrected chi connectivity index (χ2v) is 4.07. The Bertz CT molecular complexity index is 417. The highest BCUT2D eigenvalue weighted by Gasteiger charge is 2.18. The fourth-order valence-electron chi connectivity index (χ4n) is 1.54. The molecular formula is C14H20N2O3. The van der Waals surface area contributed by atoms with E-state index in [9.17, 15) is 4.79 Å². The zero-order valence-corrected chi connectivity index (χ0v) is 11.3. The first-order valence-corrected chi connectivity index (χ1v) is 5.98. The summed E-state index contributed by atoms with van der Waals surface area (Å²) in [7, 11) is 2.96. The third-order valence-corrected chi connectivity index (χ3v) is 2.65. The molecule has 1 unspecified atom stereocenters. The fraction of sp³-hybridized carbons (Fsp3) is 0.357. The SMILES string of the molecule is C=CCOc1ccc(CC(N)C(=O)N(C)OC)cc1. The van der Waals surface area contributed by atoms with Crippen molar-refractivity contribution in [3.05, 3.63) is 42.5 Å². The highest BCUT2D eigenvalue weighted by molar-refractivity contribution is 5.80. The Labute approximate surface area is 113 Å². The van der Waals surface area contributed by atoms with E-state index in [-0.39, 0.29) is 5.91 Å². The number of amides is 1. The van der Waals surface area contributed by atoms with Gasteiger partial charge in [-0.3, -0.25) is 9.63 Å². The number of ether oxygens (including phenoxy) is 1. The standard InChI is InChI=1S/C14H20N2O3/c1-4-9-19-12-7-5-11(6-8-12)10-13(15)14(17)16(2)18-3/h4-8,13H,1,9-10,15H2,2-3H3. The first-order chi connectivity index (χ1) is 9.08. The molecule has 0 saturated carbocycles. The van der Waals surface area contributed by atoms with Crippen LogP contribution in [-0.4, -0.2) is 37.8 Å². The molecule has 1 atom stereocenters. The molecule has 2 N–H and O–H groups in total. The number of hydroxylamine groups is 2. The third-order valence-electron chi connectivity index (χ3n) is 2.65. The van der Waals surface area contributed by atoms with Gasteiger partial charge < -0.3 is 10.5 Å². The van der Waals surface area contributed by atoms with Gasteiger partial charge in [0, 0.05) is 7.05 Å². The van der Waals surface area contributed by atoms with Crippen LogP contribution in [0.15, 0.2) is 36.9 Å². The Balaban J connectivity index is 2.57. The lowest BCUT2D eigenvalue weighted by Crippen LogP contribution is -2.42. The first-order valence-electron chi connectivity index (χ1n) is 5.98. The van der Waals surface area contributed by atoms with Gasteiger partial charge in [-0.2, -0.15) is 0 Å². The van der Waals surface area contributed by atoms with Gasteiger partial charge in [-0.15, -0.1) is 0 Å². The van der Waals surface area contributed by atoms with Crippen molar-refractivity contribution in [1.29, 1.82) is 0 Å². The molecule has 1 amide bonds. The molecule has 0 saturated heterocycles. The molecule has 0 heterocycles. The van der Waals surface area contributed by atoms with Crippen LogP contribution < -0.4 is 10.5 Å². The average molecular weight is 264 g/mol. The average Bonchev–Trinajstić information content (AvgIpc) is 2.44. The van der Waals surface area contributed by atoms with Gasteiger partial charge in [0.05, 0.1) is 13.2 Å². The van der Waals surface area contributed by atoms with Crippen LogP contribution >= 0.6 is 0 Å². The highest BCUT2D eigenvalue weighted by atomic mass is 16.7. The van der Waals surface area contributed by atoms with Crippen molar-refractivity contribution in [3.63, 3.8) is 0 Å². The van der Waals surface area contributed by atoms with Crippen molar-refractivity contribution < 1.29 is 14.4 Å². The topological polar surface area (TPSA) is 64.8 Å². The maximum absolute atomic E-state index is 11.7. The minimum absolute atomic E-state index is 0.255. The first kappa shape index (κ1) is 15.2. The van der Waals surface area contributed by atoms with Gasteiger partial charge in [-0.25, -0.2) is 5.06 Å². The van der Waals surface area contributed by atoms with Gasteiger partial charge in [0.15, 0.2) is 0 Å². The summed E-state index contributed by atoms with van der Waals surface area (Å²) in [6, 6.07) is 6.84. The summed E-state index contributed by atoms with van der Waals surface area (Å²) in [6.07, 6.45) is 2.14. The number of hydrogen-bond acceptors (Lipinski definition) is 4. The predicted octanol–water partition coefficient (Wildman–Crippen LogP) is 1.14. The number of benzene rings is 1. The molecule has 0 fully saturated rings. The Kier molecular flexibility index (Phi) is 6.05. The number of carbonyl (C=O) groups is 1. The smallest absolute Gasteiger partial charge is 0.263 e. The molecule has 0 aliphatic heterocycles. The van der Waals surface area contributed by atoms with Crippen molar-refractivity contribution in [2.75, 3.05) is 20.8 Å². The van der Waals surface area contributed by atoms with Crippen LogP contribution in [0.5, 0.6) is 5.75 Å². The third kappa shape index (κ3) is 4.73. The lowest BCUT2D eigenvalue weighted by molar-refractivity contribution is -0.170. The van der Waals surface area contributed by atoms with Crippen molar-refractivity contribution >= 4 is 5.91 Å². The maximum Gasteiger partial charge on any atom is 0.263 e. The van der Waals surface area contributed by atoms with E-state index >= 15 is 0 Å². The number of rotatable bonds is 7. The molecule has 19 heavy (non-hydrogen) atoms. The number of nitrogens with two attached hydrogens (primary N) is 1. The molecule has 5 heteroatoms. The van der Waals surface area contributed by atoms with Crippen molar-refractivity contribution in [3.8, 4) is 5.75 Å². The van der Waals surface area contributed by atoms with Crippen LogP contribution in [0, 0.1) is 0 Å². The van der Waals surface area contributed by atoms with E-state index in [1.807, 2.05) is 24.3 Å². The second kappa shape index (κ2) is 7.56. The van der Waals surface area contributed by atoms with E-state index in [4.69, 9.17) is 15.3 Å². The molecular weight excluding hydrogens is 244 g/mol. The fourth-order valence-corrected chi connectivity index (χ4v) is 1.54. The van der Waals surface area contributed by atoms with E-state index < -0.39 is 6.04 Å². The molecule has 0 spiro atoms. The Morgan fingerprint density at radius 2 is 2.11 bits per heavy atom. The summed E-state index contributed by atoms with van der Waals surface area (Å²) in [5, 5.41) is 1.13. The molecule has 0 radical (unpaired) electrons. The zero-order valence-electron chi connectivity index (χ0n) is 11.3. The van der Waals surface area contributed by atoms with E-state index in [1.54, 1.807) is 6.08 Å². The van der Waals surface area contributed by atoms with E-state index in [0.29, 0.717) is 13.0 Å². The van der Waals surface area contributed by atoms with Crippen LogP contribution in [0.1, 0.15) is 5.56 Å². The van der Waals surface area contributed by atoms with Gasteiger partial charge in [0.2, 0.25) is 0 Å². The second-order valence-electron chi connectivity index (χ2n) is 4.07. The van der Waals surface area contributed by atoms with Crippen LogP contribution in [0.25, 0.3) is 0 Å². The van der Waals surface area contributed by atoms with E-state index in [1.165, 1.54) is 14.2 Å². The molecule has 1 aromatic rings. The Hall–Kier alpha value is -1.85. The lowest BCUT2D eigenvalue weighted by Gasteiger charge is -2.18. The van der Waals surface area contributed by atoms with E-state index in [0.717, 1.165) is 16.4 Å². The largest absolute Gasteiger partial charge is 0.490 e. The number of nitrogens with zero attached hydrogens (tertiary/aromatic N) is 1. The normalized spacial score (nSPS) is 11.7. The van der Waals surface area contributed by atoms with Crippen LogP contribution in [0.2, 0.25) is 0 Å². The summed E-state index contributed by atoms with van der Waals surface area (Å²) in [5.74, 6) is 0.507. The minimum atomic E-state index is -0.620. The molecule has 1 aromatic carbocycles. The summed E-state index contributed by atoms with van der Waals surface area (Å²) in [4.78, 5) is 16.5. The summed E-state index contributed by atoms with van der Waals surface area (Å²) < 4.78 is 5.37. The predicted molar refractivity (Wildman–Crippen MR) is 73.6 cm³/mol. The maximum atomic E-state index is 11.7. The molecule has 1 rings (SSSR count). The van der Waals surface area contributed by atoms with Gasteiger partial charge in [0.25, 0.3) is 5.91 Å². The van der Waals surface area contributed by atoms with Crippen molar-refractivity contribution in [1.82, 2.24) is 5.06 Å². The van der Waals surface area contributed by atoms with Crippen molar-refractivity contribution in [2.24, 2.45) is 5.73 Å². The minimum Gasteiger partial charge on any atom is -0.490 e.